The van der Waals surface area contributed by atoms with E-state index in [1.165, 1.54) is 4.31 Å². The molecule has 1 aliphatic carbocycles. The maximum absolute atomic E-state index is 12.7. The average molecular weight is 413 g/mol. The molecule has 1 saturated carbocycles. The summed E-state index contributed by atoms with van der Waals surface area (Å²) in [5.74, 6) is -0.386. The quantitative estimate of drug-likeness (QED) is 0.727. The lowest BCUT2D eigenvalue weighted by molar-refractivity contribution is -0.117. The zero-order valence-electron chi connectivity index (χ0n) is 15.9. The van der Waals surface area contributed by atoms with E-state index in [2.05, 4.69) is 10.6 Å². The van der Waals surface area contributed by atoms with E-state index >= 15 is 0 Å². The first-order chi connectivity index (χ1) is 13.9. The summed E-state index contributed by atoms with van der Waals surface area (Å²) >= 11 is 0. The lowest BCUT2D eigenvalue weighted by Crippen LogP contribution is -2.37. The van der Waals surface area contributed by atoms with Crippen LogP contribution in [0.4, 0.5) is 11.4 Å². The summed E-state index contributed by atoms with van der Waals surface area (Å²) in [6, 6.07) is 14.0. The molecule has 2 N–H and O–H groups in total. The molecular weight excluding hydrogens is 390 g/mol. The van der Waals surface area contributed by atoms with Gasteiger partial charge < -0.3 is 10.6 Å². The van der Waals surface area contributed by atoms with Crippen LogP contribution in [0.15, 0.2) is 48.5 Å². The predicted octanol–water partition coefficient (Wildman–Crippen LogP) is 2.16. The predicted molar refractivity (Wildman–Crippen MR) is 111 cm³/mol. The Bertz CT molecular complexity index is 1030. The lowest BCUT2D eigenvalue weighted by atomic mass is 10.2. The number of nitrogens with zero attached hydrogens (tertiary/aromatic N) is 1. The Hall–Kier alpha value is -2.87. The van der Waals surface area contributed by atoms with Gasteiger partial charge in [-0.25, -0.2) is 8.42 Å². The van der Waals surface area contributed by atoms with Crippen molar-refractivity contribution in [3.63, 3.8) is 0 Å². The van der Waals surface area contributed by atoms with Crippen LogP contribution in [-0.2, 0) is 21.2 Å². The molecule has 8 heteroatoms. The molecule has 1 heterocycles. The molecule has 2 amide bonds. The minimum atomic E-state index is -3.50. The fourth-order valence-electron chi connectivity index (χ4n) is 3.40. The van der Waals surface area contributed by atoms with Crippen molar-refractivity contribution in [1.29, 1.82) is 0 Å². The van der Waals surface area contributed by atoms with Crippen LogP contribution in [0.25, 0.3) is 0 Å². The van der Waals surface area contributed by atoms with Crippen LogP contribution in [0.1, 0.15) is 28.8 Å². The zero-order valence-corrected chi connectivity index (χ0v) is 16.7. The monoisotopic (exact) mass is 413 g/mol. The molecule has 0 bridgehead atoms. The number of para-hydroxylation sites is 1. The van der Waals surface area contributed by atoms with Crippen LogP contribution in [0.5, 0.6) is 0 Å². The number of sulfonamides is 1. The first-order valence-corrected chi connectivity index (χ1v) is 11.3. The molecule has 0 saturated heterocycles. The maximum atomic E-state index is 12.7. The van der Waals surface area contributed by atoms with Crippen LogP contribution >= 0.6 is 0 Å². The summed E-state index contributed by atoms with van der Waals surface area (Å²) in [4.78, 5) is 24.1. The van der Waals surface area contributed by atoms with Gasteiger partial charge in [0.15, 0.2) is 0 Å². The first kappa shape index (κ1) is 19.4. The Morgan fingerprint density at radius 3 is 2.48 bits per heavy atom. The number of hydrogen-bond donors (Lipinski definition) is 2. The van der Waals surface area contributed by atoms with E-state index in [9.17, 15) is 18.0 Å². The molecule has 4 rings (SSSR count). The van der Waals surface area contributed by atoms with Crippen molar-refractivity contribution in [1.82, 2.24) is 5.32 Å². The van der Waals surface area contributed by atoms with Crippen molar-refractivity contribution in [3.8, 4) is 0 Å². The summed E-state index contributed by atoms with van der Waals surface area (Å²) in [5, 5.41) is 5.48. The molecule has 2 aromatic carbocycles. The minimum Gasteiger partial charge on any atom is -0.351 e. The first-order valence-electron chi connectivity index (χ1n) is 9.71. The van der Waals surface area contributed by atoms with Gasteiger partial charge in [-0.3, -0.25) is 13.9 Å². The third-order valence-corrected chi connectivity index (χ3v) is 6.96. The molecule has 2 aliphatic rings. The Morgan fingerprint density at radius 1 is 1.03 bits per heavy atom. The highest BCUT2D eigenvalue weighted by molar-refractivity contribution is 7.92. The average Bonchev–Trinajstić information content (AvgIpc) is 3.47. The van der Waals surface area contributed by atoms with Gasteiger partial charge >= 0.3 is 0 Å². The molecule has 0 atom stereocenters. The Balaban J connectivity index is 1.30. The van der Waals surface area contributed by atoms with Gasteiger partial charge in [0.2, 0.25) is 15.9 Å². The van der Waals surface area contributed by atoms with E-state index in [1.807, 2.05) is 24.3 Å². The van der Waals surface area contributed by atoms with E-state index in [-0.39, 0.29) is 30.0 Å². The molecule has 0 unspecified atom stereocenters. The SMILES string of the molecule is O=C(NCCS(=O)(=O)N1CCc2ccccc21)c1ccc(NC(=O)C2CC2)cc1. The molecule has 7 nitrogen and oxygen atoms in total. The highest BCUT2D eigenvalue weighted by Gasteiger charge is 2.30. The van der Waals surface area contributed by atoms with E-state index in [0.717, 1.165) is 24.1 Å². The number of anilines is 2. The second-order valence-electron chi connectivity index (χ2n) is 7.36. The Labute approximate surface area is 170 Å². The number of amides is 2. The minimum absolute atomic E-state index is 0.0101. The van der Waals surface area contributed by atoms with Crippen LogP contribution in [0.2, 0.25) is 0 Å². The third-order valence-electron chi connectivity index (χ3n) is 5.19. The summed E-state index contributed by atoms with van der Waals surface area (Å²) in [6.45, 7) is 0.462. The van der Waals surface area contributed by atoms with Gasteiger partial charge in [0.05, 0.1) is 11.4 Å². The van der Waals surface area contributed by atoms with E-state index in [1.54, 1.807) is 24.3 Å². The summed E-state index contributed by atoms with van der Waals surface area (Å²) in [6.07, 6.45) is 2.56. The second kappa shape index (κ2) is 7.87. The fraction of sp³-hybridized carbons (Fsp3) is 0.333. The molecule has 29 heavy (non-hydrogen) atoms. The van der Waals surface area contributed by atoms with Gasteiger partial charge in [-0.15, -0.1) is 0 Å². The number of nitrogens with one attached hydrogen (secondary N) is 2. The van der Waals surface area contributed by atoms with Gasteiger partial charge in [0.25, 0.3) is 5.91 Å². The molecule has 2 aromatic rings. The molecular formula is C21H23N3O4S. The highest BCUT2D eigenvalue weighted by Crippen LogP contribution is 2.30. The van der Waals surface area contributed by atoms with E-state index in [0.29, 0.717) is 24.2 Å². The molecule has 0 spiro atoms. The zero-order chi connectivity index (χ0) is 20.4. The smallest absolute Gasteiger partial charge is 0.251 e. The van der Waals surface area contributed by atoms with Crippen LogP contribution in [0, 0.1) is 5.92 Å². The van der Waals surface area contributed by atoms with Gasteiger partial charge in [-0.1, -0.05) is 18.2 Å². The normalized spacial score (nSPS) is 15.7. The molecule has 152 valence electrons. The summed E-state index contributed by atoms with van der Waals surface area (Å²) in [7, 11) is -3.50. The van der Waals surface area contributed by atoms with Crippen molar-refractivity contribution in [2.45, 2.75) is 19.3 Å². The lowest BCUT2D eigenvalue weighted by Gasteiger charge is -2.19. The van der Waals surface area contributed by atoms with Crippen LogP contribution < -0.4 is 14.9 Å². The van der Waals surface area contributed by atoms with Crippen molar-refractivity contribution < 1.29 is 18.0 Å². The fourth-order valence-corrected chi connectivity index (χ4v) is 4.83. The number of hydrogen-bond acceptors (Lipinski definition) is 4. The number of benzene rings is 2. The Morgan fingerprint density at radius 2 is 1.76 bits per heavy atom. The summed E-state index contributed by atoms with van der Waals surface area (Å²) < 4.78 is 26.7. The standard InChI is InChI=1S/C21H23N3O4S/c25-20(16-7-9-18(10-8-16)23-21(26)17-5-6-17)22-12-14-29(27,28)24-13-11-15-3-1-2-4-19(15)24/h1-4,7-10,17H,5-6,11-14H2,(H,22,25)(H,23,26). The largest absolute Gasteiger partial charge is 0.351 e. The van der Waals surface area contributed by atoms with Crippen molar-refractivity contribution in [2.75, 3.05) is 28.5 Å². The van der Waals surface area contributed by atoms with Gasteiger partial charge in [-0.05, 0) is 55.2 Å². The van der Waals surface area contributed by atoms with Crippen LogP contribution in [-0.4, -0.2) is 39.1 Å². The van der Waals surface area contributed by atoms with Crippen molar-refractivity contribution >= 4 is 33.2 Å². The van der Waals surface area contributed by atoms with Gasteiger partial charge in [0, 0.05) is 30.3 Å². The molecule has 1 fully saturated rings. The van der Waals surface area contributed by atoms with Crippen molar-refractivity contribution in [3.05, 3.63) is 59.7 Å². The molecule has 0 aromatic heterocycles. The number of rotatable bonds is 7. The van der Waals surface area contributed by atoms with Crippen molar-refractivity contribution in [2.24, 2.45) is 5.92 Å². The molecule has 1 aliphatic heterocycles. The van der Waals surface area contributed by atoms with Crippen LogP contribution in [0.3, 0.4) is 0 Å². The van der Waals surface area contributed by atoms with Gasteiger partial charge in [0.1, 0.15) is 0 Å². The third kappa shape index (κ3) is 4.42. The number of carbonyl (C=O) groups excluding carboxylic acids is 2. The second-order valence-corrected chi connectivity index (χ2v) is 9.38. The summed E-state index contributed by atoms with van der Waals surface area (Å²) in [5.41, 5.74) is 2.81. The maximum Gasteiger partial charge on any atom is 0.251 e. The van der Waals surface area contributed by atoms with E-state index in [4.69, 9.17) is 0 Å². The highest BCUT2D eigenvalue weighted by atomic mass is 32.2. The number of carbonyl (C=O) groups is 2. The number of fused-ring (bicyclic) bond motifs is 1. The topological polar surface area (TPSA) is 95.6 Å². The molecule has 0 radical (unpaired) electrons. The Kier molecular flexibility index (Phi) is 5.27. The van der Waals surface area contributed by atoms with Gasteiger partial charge in [-0.2, -0.15) is 0 Å². The van der Waals surface area contributed by atoms with E-state index < -0.39 is 10.0 Å².